The summed E-state index contributed by atoms with van der Waals surface area (Å²) in [7, 11) is 0. The highest BCUT2D eigenvalue weighted by molar-refractivity contribution is 5.81. The highest BCUT2D eigenvalue weighted by Gasteiger charge is 2.01. The number of allylic oxidation sites excluding steroid dienone is 2. The van der Waals surface area contributed by atoms with Crippen LogP contribution in [0.1, 0.15) is 13.8 Å². The summed E-state index contributed by atoms with van der Waals surface area (Å²) in [5, 5.41) is 1.23. The van der Waals surface area contributed by atoms with Gasteiger partial charge in [0.2, 0.25) is 0 Å². The SMILES string of the molecule is C/C=C/Cn1ccc2cc(OCC)ccc21. The lowest BCUT2D eigenvalue weighted by molar-refractivity contribution is 0.340. The van der Waals surface area contributed by atoms with Crippen molar-refractivity contribution in [2.24, 2.45) is 0 Å². The van der Waals surface area contributed by atoms with Gasteiger partial charge < -0.3 is 9.30 Å². The van der Waals surface area contributed by atoms with E-state index in [9.17, 15) is 0 Å². The Morgan fingerprint density at radius 2 is 2.19 bits per heavy atom. The van der Waals surface area contributed by atoms with E-state index in [4.69, 9.17) is 4.74 Å². The van der Waals surface area contributed by atoms with Crippen molar-refractivity contribution in [2.75, 3.05) is 6.61 Å². The van der Waals surface area contributed by atoms with Gasteiger partial charge in [-0.05, 0) is 38.1 Å². The molecular weight excluding hydrogens is 198 g/mol. The third kappa shape index (κ3) is 2.11. The van der Waals surface area contributed by atoms with E-state index in [1.807, 2.05) is 19.9 Å². The Kier molecular flexibility index (Phi) is 3.30. The molecule has 0 fully saturated rings. The van der Waals surface area contributed by atoms with Crippen molar-refractivity contribution in [1.29, 1.82) is 0 Å². The zero-order chi connectivity index (χ0) is 11.4. The van der Waals surface area contributed by atoms with E-state index in [1.54, 1.807) is 0 Å². The third-order valence-electron chi connectivity index (χ3n) is 2.59. The predicted octanol–water partition coefficient (Wildman–Crippen LogP) is 3.62. The molecule has 0 atom stereocenters. The Bertz CT molecular complexity index is 496. The Morgan fingerprint density at radius 3 is 2.94 bits per heavy atom. The molecule has 0 aliphatic heterocycles. The lowest BCUT2D eigenvalue weighted by Gasteiger charge is -2.04. The van der Waals surface area contributed by atoms with E-state index in [0.717, 1.165) is 12.3 Å². The zero-order valence-corrected chi connectivity index (χ0v) is 9.81. The highest BCUT2D eigenvalue weighted by Crippen LogP contribution is 2.22. The van der Waals surface area contributed by atoms with Crippen molar-refractivity contribution in [3.8, 4) is 5.75 Å². The van der Waals surface area contributed by atoms with Crippen molar-refractivity contribution in [2.45, 2.75) is 20.4 Å². The zero-order valence-electron chi connectivity index (χ0n) is 9.81. The first-order chi connectivity index (χ1) is 7.85. The fourth-order valence-corrected chi connectivity index (χ4v) is 1.81. The Labute approximate surface area is 96.1 Å². The summed E-state index contributed by atoms with van der Waals surface area (Å²) in [6.45, 7) is 5.68. The van der Waals surface area contributed by atoms with E-state index in [-0.39, 0.29) is 0 Å². The second-order valence-electron chi connectivity index (χ2n) is 3.69. The smallest absolute Gasteiger partial charge is 0.120 e. The van der Waals surface area contributed by atoms with Gasteiger partial charge in [0.25, 0.3) is 0 Å². The molecule has 16 heavy (non-hydrogen) atoms. The lowest BCUT2D eigenvalue weighted by Crippen LogP contribution is -1.93. The number of rotatable bonds is 4. The van der Waals surface area contributed by atoms with Crippen LogP contribution in [0.15, 0.2) is 42.6 Å². The average Bonchev–Trinajstić information content (AvgIpc) is 2.69. The summed E-state index contributed by atoms with van der Waals surface area (Å²) in [6, 6.07) is 8.36. The number of fused-ring (bicyclic) bond motifs is 1. The molecule has 1 aromatic heterocycles. The molecule has 0 bridgehead atoms. The molecule has 2 heteroatoms. The first-order valence-corrected chi connectivity index (χ1v) is 5.68. The van der Waals surface area contributed by atoms with Gasteiger partial charge in [-0.2, -0.15) is 0 Å². The maximum absolute atomic E-state index is 5.48. The molecular formula is C14H17NO. The van der Waals surface area contributed by atoms with Crippen LogP contribution in [-0.4, -0.2) is 11.2 Å². The number of hydrogen-bond acceptors (Lipinski definition) is 1. The van der Waals surface area contributed by atoms with Gasteiger partial charge in [-0.25, -0.2) is 0 Å². The van der Waals surface area contributed by atoms with Crippen LogP contribution in [0.25, 0.3) is 10.9 Å². The second kappa shape index (κ2) is 4.88. The first kappa shape index (κ1) is 10.8. The van der Waals surface area contributed by atoms with Crippen molar-refractivity contribution >= 4 is 10.9 Å². The minimum Gasteiger partial charge on any atom is -0.494 e. The lowest BCUT2D eigenvalue weighted by atomic mass is 10.2. The van der Waals surface area contributed by atoms with E-state index in [1.165, 1.54) is 10.9 Å². The van der Waals surface area contributed by atoms with Crippen molar-refractivity contribution in [3.05, 3.63) is 42.6 Å². The van der Waals surface area contributed by atoms with Crippen LogP contribution in [0.4, 0.5) is 0 Å². The second-order valence-corrected chi connectivity index (χ2v) is 3.69. The Balaban J connectivity index is 2.34. The molecule has 0 saturated heterocycles. The normalized spacial score (nSPS) is 11.4. The molecule has 0 saturated carbocycles. The molecule has 2 rings (SSSR count). The number of aromatic nitrogens is 1. The van der Waals surface area contributed by atoms with Gasteiger partial charge in [0.15, 0.2) is 0 Å². The molecule has 0 unspecified atom stereocenters. The molecule has 0 aliphatic rings. The van der Waals surface area contributed by atoms with E-state index in [2.05, 4.69) is 41.1 Å². The molecule has 2 aromatic rings. The van der Waals surface area contributed by atoms with E-state index in [0.29, 0.717) is 6.61 Å². The highest BCUT2D eigenvalue weighted by atomic mass is 16.5. The van der Waals surface area contributed by atoms with Gasteiger partial charge in [0.1, 0.15) is 5.75 Å². The molecule has 0 N–H and O–H groups in total. The Hall–Kier alpha value is -1.70. The van der Waals surface area contributed by atoms with Gasteiger partial charge in [-0.3, -0.25) is 0 Å². The van der Waals surface area contributed by atoms with Crippen molar-refractivity contribution < 1.29 is 4.74 Å². The van der Waals surface area contributed by atoms with Crippen LogP contribution in [-0.2, 0) is 6.54 Å². The first-order valence-electron chi connectivity index (χ1n) is 5.68. The standard InChI is InChI=1S/C14H17NO/c1-3-5-9-15-10-8-12-11-13(16-4-2)6-7-14(12)15/h3,5-8,10-11H,4,9H2,1-2H3/b5-3+. The maximum Gasteiger partial charge on any atom is 0.120 e. The van der Waals surface area contributed by atoms with E-state index < -0.39 is 0 Å². The number of benzene rings is 1. The molecule has 1 aromatic carbocycles. The number of ether oxygens (including phenoxy) is 1. The largest absolute Gasteiger partial charge is 0.494 e. The summed E-state index contributed by atoms with van der Waals surface area (Å²) in [5.74, 6) is 0.943. The molecule has 1 heterocycles. The topological polar surface area (TPSA) is 14.2 Å². The molecule has 0 radical (unpaired) electrons. The van der Waals surface area contributed by atoms with Gasteiger partial charge in [0, 0.05) is 23.6 Å². The fraction of sp³-hybridized carbons (Fsp3) is 0.286. The molecule has 0 aliphatic carbocycles. The van der Waals surface area contributed by atoms with E-state index >= 15 is 0 Å². The summed E-state index contributed by atoms with van der Waals surface area (Å²) in [4.78, 5) is 0. The van der Waals surface area contributed by atoms with Crippen LogP contribution in [0.2, 0.25) is 0 Å². The van der Waals surface area contributed by atoms with Gasteiger partial charge >= 0.3 is 0 Å². The van der Waals surface area contributed by atoms with Crippen LogP contribution in [0.3, 0.4) is 0 Å². The molecule has 0 amide bonds. The van der Waals surface area contributed by atoms with Crippen molar-refractivity contribution in [3.63, 3.8) is 0 Å². The number of hydrogen-bond donors (Lipinski definition) is 0. The van der Waals surface area contributed by atoms with Crippen LogP contribution < -0.4 is 4.74 Å². The predicted molar refractivity (Wildman–Crippen MR) is 67.9 cm³/mol. The van der Waals surface area contributed by atoms with Crippen LogP contribution >= 0.6 is 0 Å². The minimum absolute atomic E-state index is 0.713. The quantitative estimate of drug-likeness (QED) is 0.710. The summed E-state index contributed by atoms with van der Waals surface area (Å²) < 4.78 is 7.71. The molecule has 84 valence electrons. The third-order valence-corrected chi connectivity index (χ3v) is 2.59. The van der Waals surface area contributed by atoms with Crippen LogP contribution in [0.5, 0.6) is 5.75 Å². The fourth-order valence-electron chi connectivity index (χ4n) is 1.81. The Morgan fingerprint density at radius 1 is 1.31 bits per heavy atom. The summed E-state index contributed by atoms with van der Waals surface area (Å²) in [5.41, 5.74) is 1.25. The maximum atomic E-state index is 5.48. The van der Waals surface area contributed by atoms with Gasteiger partial charge in [-0.15, -0.1) is 0 Å². The summed E-state index contributed by atoms with van der Waals surface area (Å²) >= 11 is 0. The monoisotopic (exact) mass is 215 g/mol. The molecule has 0 spiro atoms. The van der Waals surface area contributed by atoms with Gasteiger partial charge in [0.05, 0.1) is 6.61 Å². The average molecular weight is 215 g/mol. The van der Waals surface area contributed by atoms with Crippen LogP contribution in [0, 0.1) is 0 Å². The molecule has 2 nitrogen and oxygen atoms in total. The van der Waals surface area contributed by atoms with Gasteiger partial charge in [-0.1, -0.05) is 12.2 Å². The summed E-state index contributed by atoms with van der Waals surface area (Å²) in [6.07, 6.45) is 6.33. The van der Waals surface area contributed by atoms with Crippen molar-refractivity contribution in [1.82, 2.24) is 4.57 Å². The number of nitrogens with zero attached hydrogens (tertiary/aromatic N) is 1. The minimum atomic E-state index is 0.713.